The molecular weight excluding hydrogens is 304 g/mol. The number of sulfone groups is 1. The van der Waals surface area contributed by atoms with Crippen LogP contribution < -0.4 is 4.74 Å². The van der Waals surface area contributed by atoms with Gasteiger partial charge < -0.3 is 4.74 Å². The van der Waals surface area contributed by atoms with Crippen molar-refractivity contribution in [1.82, 2.24) is 20.0 Å². The van der Waals surface area contributed by atoms with Crippen molar-refractivity contribution < 1.29 is 13.2 Å². The van der Waals surface area contributed by atoms with Gasteiger partial charge >= 0.3 is 0 Å². The molecular formula is C14H18N4O3S. The number of hydrogen-bond acceptors (Lipinski definition) is 6. The van der Waals surface area contributed by atoms with Crippen LogP contribution in [0, 0.1) is 5.92 Å². The summed E-state index contributed by atoms with van der Waals surface area (Å²) in [7, 11) is -1.32. The first kappa shape index (κ1) is 15.0. The Morgan fingerprint density at radius 3 is 2.95 bits per heavy atom. The molecule has 0 aromatic carbocycles. The minimum Gasteiger partial charge on any atom is -0.481 e. The van der Waals surface area contributed by atoms with E-state index in [4.69, 9.17) is 4.74 Å². The van der Waals surface area contributed by atoms with Gasteiger partial charge in [-0.3, -0.25) is 4.68 Å². The molecule has 1 fully saturated rings. The molecule has 1 aliphatic rings. The van der Waals surface area contributed by atoms with Crippen LogP contribution in [-0.4, -0.2) is 47.0 Å². The largest absolute Gasteiger partial charge is 0.481 e. The van der Waals surface area contributed by atoms with Crippen LogP contribution in [0.5, 0.6) is 5.88 Å². The molecule has 0 spiro atoms. The molecule has 8 heteroatoms. The Bertz CT molecular complexity index is 740. The van der Waals surface area contributed by atoms with Crippen molar-refractivity contribution in [3.05, 3.63) is 24.5 Å². The van der Waals surface area contributed by atoms with Crippen molar-refractivity contribution in [2.24, 2.45) is 5.92 Å². The standard InChI is InChI=1S/C14H18N4O3S/c1-21-14-5-4-12(7-15-14)13-9-18(17-16-13)8-11-3-2-6-22(19,20)10-11/h4-5,7,9,11H,2-3,6,8,10H2,1H3. The van der Waals surface area contributed by atoms with Crippen LogP contribution in [0.25, 0.3) is 11.3 Å². The first-order valence-corrected chi connectivity index (χ1v) is 8.99. The second-order valence-corrected chi connectivity index (χ2v) is 7.77. The maximum atomic E-state index is 11.7. The summed E-state index contributed by atoms with van der Waals surface area (Å²) >= 11 is 0. The molecule has 0 saturated carbocycles. The van der Waals surface area contributed by atoms with E-state index in [0.717, 1.165) is 18.4 Å². The van der Waals surface area contributed by atoms with Gasteiger partial charge in [0.2, 0.25) is 5.88 Å². The fraction of sp³-hybridized carbons (Fsp3) is 0.500. The number of methoxy groups -OCH3 is 1. The average molecular weight is 322 g/mol. The maximum Gasteiger partial charge on any atom is 0.212 e. The average Bonchev–Trinajstić information content (AvgIpc) is 2.95. The van der Waals surface area contributed by atoms with E-state index < -0.39 is 9.84 Å². The number of aromatic nitrogens is 4. The normalized spacial score (nSPS) is 20.7. The van der Waals surface area contributed by atoms with E-state index in [1.54, 1.807) is 24.1 Å². The van der Waals surface area contributed by atoms with Crippen LogP contribution >= 0.6 is 0 Å². The van der Waals surface area contributed by atoms with Crippen LogP contribution in [0.2, 0.25) is 0 Å². The lowest BCUT2D eigenvalue weighted by Gasteiger charge is -2.21. The lowest BCUT2D eigenvalue weighted by atomic mass is 10.1. The van der Waals surface area contributed by atoms with Crippen LogP contribution in [-0.2, 0) is 16.4 Å². The third-order valence-electron chi connectivity index (χ3n) is 3.78. The van der Waals surface area contributed by atoms with Crippen molar-refractivity contribution in [1.29, 1.82) is 0 Å². The van der Waals surface area contributed by atoms with E-state index in [9.17, 15) is 8.42 Å². The Morgan fingerprint density at radius 1 is 1.41 bits per heavy atom. The zero-order valence-electron chi connectivity index (χ0n) is 12.3. The SMILES string of the molecule is COc1ccc(-c2cn(CC3CCCS(=O)(=O)C3)nn2)cn1. The van der Waals surface area contributed by atoms with Gasteiger partial charge in [-0.25, -0.2) is 13.4 Å². The number of hydrogen-bond donors (Lipinski definition) is 0. The number of nitrogens with zero attached hydrogens (tertiary/aromatic N) is 4. The fourth-order valence-electron chi connectivity index (χ4n) is 2.70. The van der Waals surface area contributed by atoms with Gasteiger partial charge in [-0.2, -0.15) is 0 Å². The molecule has 2 aromatic rings. The zero-order chi connectivity index (χ0) is 15.6. The molecule has 2 aromatic heterocycles. The van der Waals surface area contributed by atoms with Crippen molar-refractivity contribution in [2.45, 2.75) is 19.4 Å². The quantitative estimate of drug-likeness (QED) is 0.840. The topological polar surface area (TPSA) is 87.0 Å². The van der Waals surface area contributed by atoms with Gasteiger partial charge in [-0.1, -0.05) is 5.21 Å². The van der Waals surface area contributed by atoms with Gasteiger partial charge in [0.05, 0.1) is 24.8 Å². The summed E-state index contributed by atoms with van der Waals surface area (Å²) in [4.78, 5) is 4.14. The summed E-state index contributed by atoms with van der Waals surface area (Å²) in [5, 5.41) is 8.22. The van der Waals surface area contributed by atoms with Crippen LogP contribution in [0.1, 0.15) is 12.8 Å². The van der Waals surface area contributed by atoms with E-state index in [2.05, 4.69) is 15.3 Å². The molecule has 7 nitrogen and oxygen atoms in total. The summed E-state index contributed by atoms with van der Waals surface area (Å²) in [6, 6.07) is 3.63. The second-order valence-electron chi connectivity index (χ2n) is 5.54. The molecule has 0 radical (unpaired) electrons. The lowest BCUT2D eigenvalue weighted by Crippen LogP contribution is -2.28. The maximum absolute atomic E-state index is 11.7. The number of pyridine rings is 1. The fourth-order valence-corrected chi connectivity index (χ4v) is 4.46. The van der Waals surface area contributed by atoms with Gasteiger partial charge in [0.1, 0.15) is 5.69 Å². The highest BCUT2D eigenvalue weighted by Gasteiger charge is 2.25. The Hall–Kier alpha value is -1.96. The molecule has 3 rings (SSSR count). The van der Waals surface area contributed by atoms with Crippen molar-refractivity contribution >= 4 is 9.84 Å². The van der Waals surface area contributed by atoms with Gasteiger partial charge in [0, 0.05) is 24.4 Å². The van der Waals surface area contributed by atoms with Gasteiger partial charge in [-0.05, 0) is 24.8 Å². The Balaban J connectivity index is 1.70. The molecule has 1 unspecified atom stereocenters. The third-order valence-corrected chi connectivity index (χ3v) is 5.67. The highest BCUT2D eigenvalue weighted by Crippen LogP contribution is 2.21. The Morgan fingerprint density at radius 2 is 2.27 bits per heavy atom. The second kappa shape index (κ2) is 6.04. The first-order valence-electron chi connectivity index (χ1n) is 7.17. The molecule has 1 atom stereocenters. The zero-order valence-corrected chi connectivity index (χ0v) is 13.2. The van der Waals surface area contributed by atoms with E-state index in [1.807, 2.05) is 12.3 Å². The summed E-state index contributed by atoms with van der Waals surface area (Å²) in [6.45, 7) is 0.579. The first-order chi connectivity index (χ1) is 10.6. The van der Waals surface area contributed by atoms with Gasteiger partial charge in [-0.15, -0.1) is 5.10 Å². The molecule has 0 N–H and O–H groups in total. The van der Waals surface area contributed by atoms with E-state index in [0.29, 0.717) is 23.9 Å². The highest BCUT2D eigenvalue weighted by molar-refractivity contribution is 7.91. The predicted octanol–water partition coefficient (Wildman–Crippen LogP) is 1.17. The minimum atomic E-state index is -2.89. The van der Waals surface area contributed by atoms with Crippen LogP contribution in [0.3, 0.4) is 0 Å². The smallest absolute Gasteiger partial charge is 0.212 e. The summed E-state index contributed by atoms with van der Waals surface area (Å²) in [6.07, 6.45) is 5.15. The van der Waals surface area contributed by atoms with Crippen molar-refractivity contribution in [2.75, 3.05) is 18.6 Å². The molecule has 3 heterocycles. The summed E-state index contributed by atoms with van der Waals surface area (Å²) < 4.78 is 30.1. The van der Waals surface area contributed by atoms with E-state index >= 15 is 0 Å². The van der Waals surface area contributed by atoms with Crippen molar-refractivity contribution in [3.8, 4) is 17.1 Å². The third kappa shape index (κ3) is 3.44. The van der Waals surface area contributed by atoms with Crippen LogP contribution in [0.4, 0.5) is 0 Å². The molecule has 1 saturated heterocycles. The molecule has 22 heavy (non-hydrogen) atoms. The molecule has 0 amide bonds. The summed E-state index contributed by atoms with van der Waals surface area (Å²) in [5.74, 6) is 1.21. The Kier molecular flexibility index (Phi) is 4.10. The lowest BCUT2D eigenvalue weighted by molar-refractivity contribution is 0.398. The molecule has 1 aliphatic heterocycles. The van der Waals surface area contributed by atoms with Crippen molar-refractivity contribution in [3.63, 3.8) is 0 Å². The van der Waals surface area contributed by atoms with Gasteiger partial charge in [0.25, 0.3) is 0 Å². The molecule has 0 aliphatic carbocycles. The minimum absolute atomic E-state index is 0.113. The van der Waals surface area contributed by atoms with E-state index in [1.165, 1.54) is 0 Å². The molecule has 0 bridgehead atoms. The Labute approximate surface area is 129 Å². The van der Waals surface area contributed by atoms with Crippen LogP contribution in [0.15, 0.2) is 24.5 Å². The predicted molar refractivity (Wildman–Crippen MR) is 81.2 cm³/mol. The number of rotatable bonds is 4. The monoisotopic (exact) mass is 322 g/mol. The summed E-state index contributed by atoms with van der Waals surface area (Å²) in [5.41, 5.74) is 1.57. The van der Waals surface area contributed by atoms with Gasteiger partial charge in [0.15, 0.2) is 9.84 Å². The highest BCUT2D eigenvalue weighted by atomic mass is 32.2. The number of ether oxygens (including phenoxy) is 1. The molecule has 118 valence electrons. The van der Waals surface area contributed by atoms with E-state index in [-0.39, 0.29) is 11.7 Å².